The van der Waals surface area contributed by atoms with Crippen molar-refractivity contribution in [2.75, 3.05) is 0 Å². The second-order valence-electron chi connectivity index (χ2n) is 4.24. The molecule has 0 saturated carbocycles. The van der Waals surface area contributed by atoms with Crippen LogP contribution < -0.4 is 0 Å². The number of ketones is 1. The molecule has 2 aromatic rings. The lowest BCUT2D eigenvalue weighted by Gasteiger charge is -2.04. The van der Waals surface area contributed by atoms with Crippen molar-refractivity contribution >= 4 is 17.4 Å². The van der Waals surface area contributed by atoms with Gasteiger partial charge in [0.15, 0.2) is 5.78 Å². The minimum atomic E-state index is 0.103. The fraction of sp³-hybridized carbons (Fsp3) is 0.188. The quantitative estimate of drug-likeness (QED) is 0.746. The number of benzene rings is 2. The Bertz CT molecular complexity index is 543. The van der Waals surface area contributed by atoms with Crippen molar-refractivity contribution < 1.29 is 4.79 Å². The molecule has 18 heavy (non-hydrogen) atoms. The Balaban J connectivity index is 2.14. The average molecular weight is 259 g/mol. The summed E-state index contributed by atoms with van der Waals surface area (Å²) in [5.74, 6) is 0.103. The van der Waals surface area contributed by atoms with E-state index in [9.17, 15) is 4.79 Å². The molecule has 0 unspecified atom stereocenters. The van der Waals surface area contributed by atoms with E-state index in [0.717, 1.165) is 17.5 Å². The molecule has 0 aliphatic heterocycles. The average Bonchev–Trinajstić information content (AvgIpc) is 2.41. The fourth-order valence-electron chi connectivity index (χ4n) is 1.84. The highest BCUT2D eigenvalue weighted by atomic mass is 35.5. The van der Waals surface area contributed by atoms with Crippen LogP contribution in [0.2, 0.25) is 5.02 Å². The summed E-state index contributed by atoms with van der Waals surface area (Å²) in [6.45, 7) is 2.10. The van der Waals surface area contributed by atoms with Crippen molar-refractivity contribution in [3.8, 4) is 0 Å². The van der Waals surface area contributed by atoms with Gasteiger partial charge in [-0.1, -0.05) is 61.0 Å². The molecule has 1 nitrogen and oxygen atoms in total. The molecule has 0 bridgehead atoms. The maximum atomic E-state index is 12.1. The summed E-state index contributed by atoms with van der Waals surface area (Å²) in [6.07, 6.45) is 1.34. The third-order valence-electron chi connectivity index (χ3n) is 2.99. The van der Waals surface area contributed by atoms with Gasteiger partial charge in [0.25, 0.3) is 0 Å². The molecule has 2 aromatic carbocycles. The number of aryl methyl sites for hydroxylation is 1. The van der Waals surface area contributed by atoms with Crippen LogP contribution in [0.3, 0.4) is 0 Å². The van der Waals surface area contributed by atoms with Crippen LogP contribution in [0, 0.1) is 0 Å². The largest absolute Gasteiger partial charge is 0.294 e. The molecule has 0 saturated heterocycles. The Morgan fingerprint density at radius 3 is 2.33 bits per heavy atom. The van der Waals surface area contributed by atoms with Gasteiger partial charge >= 0.3 is 0 Å². The molecule has 0 radical (unpaired) electrons. The highest BCUT2D eigenvalue weighted by Crippen LogP contribution is 2.17. The maximum Gasteiger partial charge on any atom is 0.167 e. The number of halogens is 1. The van der Waals surface area contributed by atoms with Crippen molar-refractivity contribution in [2.24, 2.45) is 0 Å². The third kappa shape index (κ3) is 2.99. The van der Waals surface area contributed by atoms with E-state index in [1.165, 1.54) is 5.56 Å². The maximum absolute atomic E-state index is 12.1. The standard InChI is InChI=1S/C16H15ClO/c1-2-12-7-9-13(10-8-12)16(18)11-14-5-3-4-6-15(14)17/h3-10H,2,11H2,1H3. The van der Waals surface area contributed by atoms with Crippen molar-refractivity contribution in [3.05, 3.63) is 70.2 Å². The molecule has 0 aliphatic rings. The van der Waals surface area contributed by atoms with Gasteiger partial charge in [-0.15, -0.1) is 0 Å². The fourth-order valence-corrected chi connectivity index (χ4v) is 2.05. The van der Waals surface area contributed by atoms with E-state index in [-0.39, 0.29) is 5.78 Å². The van der Waals surface area contributed by atoms with E-state index in [2.05, 4.69) is 6.92 Å². The molecule has 0 N–H and O–H groups in total. The van der Waals surface area contributed by atoms with Gasteiger partial charge in [0.2, 0.25) is 0 Å². The first-order valence-corrected chi connectivity index (χ1v) is 6.44. The summed E-state index contributed by atoms with van der Waals surface area (Å²) in [5.41, 5.74) is 2.86. The van der Waals surface area contributed by atoms with Gasteiger partial charge in [0.1, 0.15) is 0 Å². The first kappa shape index (κ1) is 12.8. The summed E-state index contributed by atoms with van der Waals surface area (Å²) >= 11 is 6.05. The van der Waals surface area contributed by atoms with Crippen LogP contribution in [-0.2, 0) is 12.8 Å². The van der Waals surface area contributed by atoms with Crippen molar-refractivity contribution in [2.45, 2.75) is 19.8 Å². The van der Waals surface area contributed by atoms with Gasteiger partial charge < -0.3 is 0 Å². The zero-order valence-electron chi connectivity index (χ0n) is 10.3. The van der Waals surface area contributed by atoms with E-state index in [0.29, 0.717) is 11.4 Å². The molecule has 92 valence electrons. The Labute approximate surface area is 112 Å². The van der Waals surface area contributed by atoms with Crippen molar-refractivity contribution in [1.82, 2.24) is 0 Å². The highest BCUT2D eigenvalue weighted by molar-refractivity contribution is 6.31. The Hall–Kier alpha value is -1.60. The summed E-state index contributed by atoms with van der Waals surface area (Å²) in [6, 6.07) is 15.2. The van der Waals surface area contributed by atoms with Crippen LogP contribution >= 0.6 is 11.6 Å². The molecule has 0 amide bonds. The summed E-state index contributed by atoms with van der Waals surface area (Å²) in [5, 5.41) is 0.649. The monoisotopic (exact) mass is 258 g/mol. The van der Waals surface area contributed by atoms with Crippen LogP contribution in [0.1, 0.15) is 28.4 Å². The van der Waals surface area contributed by atoms with E-state index >= 15 is 0 Å². The molecule has 0 spiro atoms. The molecule has 0 aliphatic carbocycles. The third-order valence-corrected chi connectivity index (χ3v) is 3.36. The SMILES string of the molecule is CCc1ccc(C(=O)Cc2ccccc2Cl)cc1. The molecular formula is C16H15ClO. The topological polar surface area (TPSA) is 17.1 Å². The number of rotatable bonds is 4. The lowest BCUT2D eigenvalue weighted by atomic mass is 10.0. The molecule has 0 fully saturated rings. The Morgan fingerprint density at radius 2 is 1.72 bits per heavy atom. The minimum Gasteiger partial charge on any atom is -0.294 e. The molecule has 2 heteroatoms. The smallest absolute Gasteiger partial charge is 0.167 e. The summed E-state index contributed by atoms with van der Waals surface area (Å²) in [7, 11) is 0. The van der Waals surface area contributed by atoms with Crippen LogP contribution in [-0.4, -0.2) is 5.78 Å². The van der Waals surface area contributed by atoms with Gasteiger partial charge in [-0.05, 0) is 23.6 Å². The van der Waals surface area contributed by atoms with E-state index in [1.54, 1.807) is 0 Å². The Kier molecular flexibility index (Phi) is 4.16. The number of Topliss-reactive ketones (excluding diaryl/α,β-unsaturated/α-hetero) is 1. The zero-order valence-corrected chi connectivity index (χ0v) is 11.1. The van der Waals surface area contributed by atoms with E-state index in [1.807, 2.05) is 48.5 Å². The first-order chi connectivity index (χ1) is 8.70. The van der Waals surface area contributed by atoms with Gasteiger partial charge in [-0.2, -0.15) is 0 Å². The minimum absolute atomic E-state index is 0.103. The van der Waals surface area contributed by atoms with Crippen LogP contribution in [0.25, 0.3) is 0 Å². The molecule has 0 aromatic heterocycles. The van der Waals surface area contributed by atoms with Crippen LogP contribution in [0.4, 0.5) is 0 Å². The number of carbonyl (C=O) groups is 1. The lowest BCUT2D eigenvalue weighted by Crippen LogP contribution is -2.04. The predicted octanol–water partition coefficient (Wildman–Crippen LogP) is 4.33. The lowest BCUT2D eigenvalue weighted by molar-refractivity contribution is 0.0993. The molecular weight excluding hydrogens is 244 g/mol. The molecule has 0 atom stereocenters. The number of hydrogen-bond donors (Lipinski definition) is 0. The van der Waals surface area contributed by atoms with Gasteiger partial charge in [0.05, 0.1) is 0 Å². The highest BCUT2D eigenvalue weighted by Gasteiger charge is 2.09. The second-order valence-corrected chi connectivity index (χ2v) is 4.65. The van der Waals surface area contributed by atoms with E-state index < -0.39 is 0 Å². The predicted molar refractivity (Wildman–Crippen MR) is 75.3 cm³/mol. The normalized spacial score (nSPS) is 10.3. The summed E-state index contributed by atoms with van der Waals surface area (Å²) in [4.78, 5) is 12.1. The van der Waals surface area contributed by atoms with Gasteiger partial charge in [0, 0.05) is 17.0 Å². The van der Waals surface area contributed by atoms with Gasteiger partial charge in [-0.25, -0.2) is 0 Å². The molecule has 0 heterocycles. The zero-order chi connectivity index (χ0) is 13.0. The first-order valence-electron chi connectivity index (χ1n) is 6.06. The molecule has 2 rings (SSSR count). The number of hydrogen-bond acceptors (Lipinski definition) is 1. The van der Waals surface area contributed by atoms with Crippen molar-refractivity contribution in [3.63, 3.8) is 0 Å². The van der Waals surface area contributed by atoms with Crippen LogP contribution in [0.5, 0.6) is 0 Å². The van der Waals surface area contributed by atoms with Crippen LogP contribution in [0.15, 0.2) is 48.5 Å². The number of carbonyl (C=O) groups excluding carboxylic acids is 1. The van der Waals surface area contributed by atoms with E-state index in [4.69, 9.17) is 11.6 Å². The van der Waals surface area contributed by atoms with Gasteiger partial charge in [-0.3, -0.25) is 4.79 Å². The Morgan fingerprint density at radius 1 is 1.06 bits per heavy atom. The van der Waals surface area contributed by atoms with Crippen molar-refractivity contribution in [1.29, 1.82) is 0 Å². The second kappa shape index (κ2) is 5.83. The summed E-state index contributed by atoms with van der Waals surface area (Å²) < 4.78 is 0.